The van der Waals surface area contributed by atoms with E-state index >= 15 is 0 Å². The summed E-state index contributed by atoms with van der Waals surface area (Å²) in [6.07, 6.45) is 0. The molecule has 4 aromatic carbocycles. The van der Waals surface area contributed by atoms with E-state index in [0.29, 0.717) is 0 Å². The van der Waals surface area contributed by atoms with Gasteiger partial charge in [0.2, 0.25) is 0 Å². The molecule has 0 aliphatic carbocycles. The first-order chi connectivity index (χ1) is 8.93. The zero-order valence-corrected chi connectivity index (χ0v) is 12.7. The second-order valence-corrected chi connectivity index (χ2v) is 4.31. The van der Waals surface area contributed by atoms with E-state index in [1.165, 1.54) is 21.5 Å². The third kappa shape index (κ3) is 3.24. The van der Waals surface area contributed by atoms with E-state index in [2.05, 4.69) is 84.9 Å². The maximum Gasteiger partial charge on any atom is 2.00 e. The Hall–Kier alpha value is -1.60. The Morgan fingerprint density at radius 3 is 1.37 bits per heavy atom. The largest absolute Gasteiger partial charge is 2.00 e. The van der Waals surface area contributed by atoms with Crippen LogP contribution in [-0.2, 0) is 22.4 Å². The summed E-state index contributed by atoms with van der Waals surface area (Å²) in [5.74, 6) is 0. The zero-order valence-electron chi connectivity index (χ0n) is 10.5. The fourth-order valence-electron chi connectivity index (χ4n) is 2.14. The van der Waals surface area contributed by atoms with Gasteiger partial charge in [-0.3, -0.25) is 0 Å². The van der Waals surface area contributed by atoms with Crippen molar-refractivity contribution in [3.8, 4) is 0 Å². The van der Waals surface area contributed by atoms with Gasteiger partial charge in [-0.05, 0) is 0 Å². The quantitative estimate of drug-likeness (QED) is 0.311. The SMILES string of the molecule is [Nb+2].c1ccc2[cH-]ccc2c1.c1ccc2[cH-]ccc2c1. The first-order valence-electron chi connectivity index (χ1n) is 6.14. The summed E-state index contributed by atoms with van der Waals surface area (Å²) in [5.41, 5.74) is 0. The standard InChI is InChI=1S/2C9H7.Nb/c2*1-2-5-9-7-3-6-8(9)4-1;/h2*1-7H;/q2*-1;+2. The van der Waals surface area contributed by atoms with E-state index in [1.807, 2.05) is 0 Å². The average molecular weight is 323 g/mol. The molecule has 4 rings (SSSR count). The Morgan fingerprint density at radius 2 is 0.947 bits per heavy atom. The fraction of sp³-hybridized carbons (Fsp3) is 0. The van der Waals surface area contributed by atoms with Gasteiger partial charge in [0, 0.05) is 0 Å². The van der Waals surface area contributed by atoms with Crippen LogP contribution in [0.5, 0.6) is 0 Å². The molecule has 0 nitrogen and oxygen atoms in total. The van der Waals surface area contributed by atoms with Crippen LogP contribution >= 0.6 is 0 Å². The van der Waals surface area contributed by atoms with Crippen LogP contribution in [0.1, 0.15) is 0 Å². The molecule has 0 amide bonds. The van der Waals surface area contributed by atoms with Gasteiger partial charge in [-0.15, -0.1) is 59.3 Å². The van der Waals surface area contributed by atoms with Crippen molar-refractivity contribution >= 4 is 21.5 Å². The molecule has 19 heavy (non-hydrogen) atoms. The first kappa shape index (κ1) is 13.8. The van der Waals surface area contributed by atoms with Crippen molar-refractivity contribution in [2.45, 2.75) is 0 Å². The molecule has 1 radical (unpaired) electrons. The van der Waals surface area contributed by atoms with E-state index in [0.717, 1.165) is 0 Å². The van der Waals surface area contributed by atoms with E-state index < -0.39 is 0 Å². The molecule has 0 aliphatic rings. The number of fused-ring (bicyclic) bond motifs is 2. The smallest absolute Gasteiger partial charge is 0.168 e. The monoisotopic (exact) mass is 323 g/mol. The molecule has 0 atom stereocenters. The minimum atomic E-state index is 0. The summed E-state index contributed by atoms with van der Waals surface area (Å²) in [6, 6.07) is 29.3. The van der Waals surface area contributed by atoms with E-state index in [-0.39, 0.29) is 22.4 Å². The van der Waals surface area contributed by atoms with Crippen LogP contribution in [0.3, 0.4) is 0 Å². The molecule has 1 heteroatoms. The molecule has 0 heterocycles. The summed E-state index contributed by atoms with van der Waals surface area (Å²) in [5, 5.41) is 5.32. The Balaban J connectivity index is 0.000000133. The predicted molar refractivity (Wildman–Crippen MR) is 79.1 cm³/mol. The van der Waals surface area contributed by atoms with Gasteiger partial charge < -0.3 is 0 Å². The van der Waals surface area contributed by atoms with Crippen LogP contribution in [0.2, 0.25) is 0 Å². The van der Waals surface area contributed by atoms with Gasteiger partial charge in [0.25, 0.3) is 0 Å². The van der Waals surface area contributed by atoms with E-state index in [4.69, 9.17) is 0 Å². The number of rotatable bonds is 0. The van der Waals surface area contributed by atoms with Gasteiger partial charge in [-0.1, -0.05) is 12.1 Å². The number of hydrogen-bond donors (Lipinski definition) is 0. The maximum absolute atomic E-state index is 2.12. The minimum absolute atomic E-state index is 0. The number of hydrogen-bond acceptors (Lipinski definition) is 0. The minimum Gasteiger partial charge on any atom is -0.168 e. The topological polar surface area (TPSA) is 0 Å². The normalized spacial score (nSPS) is 9.68. The van der Waals surface area contributed by atoms with E-state index in [9.17, 15) is 0 Å². The van der Waals surface area contributed by atoms with Crippen molar-refractivity contribution in [3.63, 3.8) is 0 Å². The third-order valence-corrected chi connectivity index (χ3v) is 3.10. The molecule has 0 N–H and O–H groups in total. The van der Waals surface area contributed by atoms with Crippen LogP contribution < -0.4 is 0 Å². The van der Waals surface area contributed by atoms with Gasteiger partial charge in [-0.25, -0.2) is 0 Å². The Kier molecular flexibility index (Phi) is 4.75. The van der Waals surface area contributed by atoms with Gasteiger partial charge >= 0.3 is 22.4 Å². The van der Waals surface area contributed by atoms with Crippen LogP contribution in [0, 0.1) is 0 Å². The summed E-state index contributed by atoms with van der Waals surface area (Å²) in [6.45, 7) is 0. The van der Waals surface area contributed by atoms with Crippen molar-refractivity contribution in [1.82, 2.24) is 0 Å². The molecule has 4 aromatic rings. The predicted octanol–water partition coefficient (Wildman–Crippen LogP) is 5.11. The number of benzene rings is 2. The summed E-state index contributed by atoms with van der Waals surface area (Å²) < 4.78 is 0. The van der Waals surface area contributed by atoms with Crippen LogP contribution in [0.15, 0.2) is 84.9 Å². The Morgan fingerprint density at radius 1 is 0.526 bits per heavy atom. The molecule has 0 fully saturated rings. The van der Waals surface area contributed by atoms with Crippen LogP contribution in [0.25, 0.3) is 21.5 Å². The molecule has 0 bridgehead atoms. The summed E-state index contributed by atoms with van der Waals surface area (Å²) in [4.78, 5) is 0. The second kappa shape index (κ2) is 6.53. The average Bonchev–Trinajstić information content (AvgIpc) is 3.08. The molecule has 0 saturated heterocycles. The van der Waals surface area contributed by atoms with E-state index in [1.54, 1.807) is 0 Å². The molecule has 0 aromatic heterocycles. The second-order valence-electron chi connectivity index (χ2n) is 4.31. The van der Waals surface area contributed by atoms with Crippen molar-refractivity contribution in [1.29, 1.82) is 0 Å². The fourth-order valence-corrected chi connectivity index (χ4v) is 2.14. The van der Waals surface area contributed by atoms with Crippen molar-refractivity contribution < 1.29 is 22.4 Å². The molecule has 0 aliphatic heterocycles. The molecular weight excluding hydrogens is 309 g/mol. The summed E-state index contributed by atoms with van der Waals surface area (Å²) in [7, 11) is 0. The van der Waals surface area contributed by atoms with Gasteiger partial charge in [0.15, 0.2) is 0 Å². The first-order valence-corrected chi connectivity index (χ1v) is 6.14. The third-order valence-electron chi connectivity index (χ3n) is 3.10. The maximum atomic E-state index is 2.12. The Labute approximate surface area is 128 Å². The van der Waals surface area contributed by atoms with Crippen LogP contribution in [0.4, 0.5) is 0 Å². The Bertz CT molecular complexity index is 620. The molecule has 0 saturated carbocycles. The molecule has 0 spiro atoms. The zero-order chi connectivity index (χ0) is 12.2. The van der Waals surface area contributed by atoms with Gasteiger partial charge in [-0.2, -0.15) is 35.0 Å². The van der Waals surface area contributed by atoms with Crippen molar-refractivity contribution in [3.05, 3.63) is 84.9 Å². The van der Waals surface area contributed by atoms with Crippen molar-refractivity contribution in [2.75, 3.05) is 0 Å². The van der Waals surface area contributed by atoms with Gasteiger partial charge in [0.05, 0.1) is 0 Å². The molecular formula is C18H14Nb. The summed E-state index contributed by atoms with van der Waals surface area (Å²) >= 11 is 0. The molecule has 91 valence electrons. The molecule has 0 unspecified atom stereocenters. The van der Waals surface area contributed by atoms with Gasteiger partial charge in [0.1, 0.15) is 0 Å². The van der Waals surface area contributed by atoms with Crippen molar-refractivity contribution in [2.24, 2.45) is 0 Å². The van der Waals surface area contributed by atoms with Crippen LogP contribution in [-0.4, -0.2) is 0 Å².